The minimum atomic E-state index is -1.71. The molecule has 0 saturated carbocycles. The van der Waals surface area contributed by atoms with Gasteiger partial charge in [-0.3, -0.25) is 4.79 Å². The molecule has 12 heteroatoms. The van der Waals surface area contributed by atoms with Gasteiger partial charge in [0, 0.05) is 23.1 Å². The lowest BCUT2D eigenvalue weighted by Gasteiger charge is -2.39. The van der Waals surface area contributed by atoms with Gasteiger partial charge in [0.25, 0.3) is 0 Å². The number of aliphatic hydroxyl groups excluding tert-OH is 4. The number of aliphatic hydroxyl groups is 4. The van der Waals surface area contributed by atoms with Crippen LogP contribution in [0.2, 0.25) is 0 Å². The smallest absolute Gasteiger partial charge is 0.229 e. The molecule has 0 bridgehead atoms. The Morgan fingerprint density at radius 1 is 0.895 bits per heavy atom. The second-order valence-corrected chi connectivity index (χ2v) is 8.87. The van der Waals surface area contributed by atoms with E-state index in [0.717, 1.165) is 0 Å². The van der Waals surface area contributed by atoms with E-state index in [4.69, 9.17) is 27.8 Å². The number of aromatic hydroxyl groups is 1. The van der Waals surface area contributed by atoms with E-state index >= 15 is 0 Å². The third-order valence-corrected chi connectivity index (χ3v) is 6.41. The summed E-state index contributed by atoms with van der Waals surface area (Å²) in [5.41, 5.74) is 0.307. The van der Waals surface area contributed by atoms with Crippen molar-refractivity contribution in [2.75, 3.05) is 20.8 Å². The Bertz CT molecular complexity index is 1530. The van der Waals surface area contributed by atoms with Crippen molar-refractivity contribution >= 4 is 21.9 Å². The van der Waals surface area contributed by atoms with Gasteiger partial charge in [0.05, 0.1) is 26.2 Å². The molecule has 3 heterocycles. The largest absolute Gasteiger partial charge is 0.502 e. The van der Waals surface area contributed by atoms with Crippen LogP contribution in [0, 0.1) is 6.92 Å². The number of rotatable bonds is 6. The van der Waals surface area contributed by atoms with Gasteiger partial charge in [-0.2, -0.15) is 0 Å². The van der Waals surface area contributed by atoms with Gasteiger partial charge in [-0.25, -0.2) is 0 Å². The number of hydrogen-bond donors (Lipinski definition) is 5. The average molecular weight is 530 g/mol. The Labute approximate surface area is 214 Å². The molecule has 1 fully saturated rings. The number of phenolic OH excluding ortho intramolecular Hbond substituents is 1. The molecule has 5 atom stereocenters. The fourth-order valence-electron chi connectivity index (χ4n) is 4.54. The summed E-state index contributed by atoms with van der Waals surface area (Å²) in [6, 6.07) is 7.10. The molecule has 202 valence electrons. The van der Waals surface area contributed by atoms with Crippen LogP contribution < -0.4 is 19.6 Å². The maximum atomic E-state index is 12.4. The molecule has 0 amide bonds. The summed E-state index contributed by atoms with van der Waals surface area (Å²) in [7, 11) is 2.70. The van der Waals surface area contributed by atoms with E-state index in [1.807, 2.05) is 0 Å². The Hall–Kier alpha value is -3.81. The lowest BCUT2D eigenvalue weighted by molar-refractivity contribution is -0.277. The van der Waals surface area contributed by atoms with Crippen molar-refractivity contribution in [1.29, 1.82) is 0 Å². The summed E-state index contributed by atoms with van der Waals surface area (Å²) < 4.78 is 34.1. The molecule has 1 aliphatic rings. The van der Waals surface area contributed by atoms with E-state index in [-0.39, 0.29) is 45.4 Å². The van der Waals surface area contributed by atoms with Crippen LogP contribution in [0.25, 0.3) is 33.3 Å². The quantitative estimate of drug-likeness (QED) is 0.242. The van der Waals surface area contributed by atoms with Crippen LogP contribution in [-0.2, 0) is 4.74 Å². The molecule has 5 N–H and O–H groups in total. The van der Waals surface area contributed by atoms with E-state index in [1.165, 1.54) is 38.5 Å². The fourth-order valence-corrected chi connectivity index (χ4v) is 4.54. The third-order valence-electron chi connectivity index (χ3n) is 6.41. The van der Waals surface area contributed by atoms with Crippen LogP contribution in [-0.4, -0.2) is 77.1 Å². The Morgan fingerprint density at radius 3 is 2.13 bits per heavy atom. The second-order valence-electron chi connectivity index (χ2n) is 8.87. The van der Waals surface area contributed by atoms with Crippen molar-refractivity contribution in [2.45, 2.75) is 37.6 Å². The molecular weight excluding hydrogens is 504 g/mol. The first-order valence-corrected chi connectivity index (χ1v) is 11.6. The third kappa shape index (κ3) is 4.22. The molecule has 0 unspecified atom stereocenters. The van der Waals surface area contributed by atoms with Crippen molar-refractivity contribution in [3.63, 3.8) is 0 Å². The first-order chi connectivity index (χ1) is 18.2. The predicted molar refractivity (Wildman–Crippen MR) is 132 cm³/mol. The Kier molecular flexibility index (Phi) is 6.67. The average Bonchev–Trinajstić information content (AvgIpc) is 2.89. The zero-order chi connectivity index (χ0) is 27.3. The molecule has 0 aliphatic carbocycles. The topological polar surface area (TPSA) is 181 Å². The summed E-state index contributed by atoms with van der Waals surface area (Å²) >= 11 is 0. The normalized spacial score (nSPS) is 23.6. The lowest BCUT2D eigenvalue weighted by Crippen LogP contribution is -2.60. The highest BCUT2D eigenvalue weighted by Crippen LogP contribution is 2.47. The van der Waals surface area contributed by atoms with Gasteiger partial charge in [0.2, 0.25) is 12.0 Å². The summed E-state index contributed by atoms with van der Waals surface area (Å²) in [6.07, 6.45) is -7.74. The second kappa shape index (κ2) is 9.82. The highest BCUT2D eigenvalue weighted by molar-refractivity contribution is 6.09. The van der Waals surface area contributed by atoms with Gasteiger partial charge < -0.3 is 53.3 Å². The summed E-state index contributed by atoms with van der Waals surface area (Å²) in [4.78, 5) is 12.4. The van der Waals surface area contributed by atoms with E-state index in [2.05, 4.69) is 0 Å². The summed E-state index contributed by atoms with van der Waals surface area (Å²) in [5, 5.41) is 52.0. The predicted octanol–water partition coefficient (Wildman–Crippen LogP) is 1.42. The van der Waals surface area contributed by atoms with E-state index in [1.54, 1.807) is 13.0 Å². The van der Waals surface area contributed by atoms with Crippen molar-refractivity contribution in [3.8, 4) is 34.3 Å². The van der Waals surface area contributed by atoms with Crippen LogP contribution >= 0.6 is 0 Å². The van der Waals surface area contributed by atoms with Gasteiger partial charge in [-0.05, 0) is 25.1 Å². The van der Waals surface area contributed by atoms with Gasteiger partial charge in [0.1, 0.15) is 41.3 Å². The Morgan fingerprint density at radius 2 is 1.53 bits per heavy atom. The number of aryl methyl sites for hydroxylation is 1. The molecule has 1 saturated heterocycles. The molecule has 38 heavy (non-hydrogen) atoms. The SMILES string of the molecule is COc1cc(-c2oc3cc(=O)cc4oc(C)cc(c2O[C@@H]2O[C@H](CO)[C@@H](O)[C@H](O)[C@H]2O)c43)cc(OC)c1O. The maximum Gasteiger partial charge on any atom is 0.229 e. The molecule has 0 radical (unpaired) electrons. The number of methoxy groups -OCH3 is 2. The minimum absolute atomic E-state index is 0.0131. The zero-order valence-corrected chi connectivity index (χ0v) is 20.6. The highest BCUT2D eigenvalue weighted by atomic mass is 16.7. The van der Waals surface area contributed by atoms with Crippen molar-refractivity contribution in [3.05, 3.63) is 46.3 Å². The molecule has 12 nitrogen and oxygen atoms in total. The van der Waals surface area contributed by atoms with E-state index in [0.29, 0.717) is 22.1 Å². The molecule has 2 aromatic carbocycles. The monoisotopic (exact) mass is 530 g/mol. The first-order valence-electron chi connectivity index (χ1n) is 11.6. The molecule has 5 rings (SSSR count). The number of phenols is 1. The summed E-state index contributed by atoms with van der Waals surface area (Å²) in [5.74, 6) is 0.306. The number of ether oxygens (including phenoxy) is 4. The number of hydrogen-bond acceptors (Lipinski definition) is 12. The van der Waals surface area contributed by atoms with E-state index < -0.39 is 37.3 Å². The molecule has 0 spiro atoms. The van der Waals surface area contributed by atoms with Crippen molar-refractivity contribution < 1.29 is 53.3 Å². The van der Waals surface area contributed by atoms with Crippen molar-refractivity contribution in [1.82, 2.24) is 0 Å². The van der Waals surface area contributed by atoms with Crippen molar-refractivity contribution in [2.24, 2.45) is 0 Å². The number of benzene rings is 2. The maximum absolute atomic E-state index is 12.4. The van der Waals surface area contributed by atoms with Gasteiger partial charge >= 0.3 is 0 Å². The summed E-state index contributed by atoms with van der Waals surface area (Å²) in [6.45, 7) is 1.02. The first kappa shape index (κ1) is 25.8. The van der Waals surface area contributed by atoms with Gasteiger partial charge in [-0.15, -0.1) is 0 Å². The van der Waals surface area contributed by atoms with Crippen LogP contribution in [0.5, 0.6) is 23.0 Å². The minimum Gasteiger partial charge on any atom is -0.502 e. The van der Waals surface area contributed by atoms with Crippen LogP contribution in [0.3, 0.4) is 0 Å². The molecule has 1 aliphatic heterocycles. The van der Waals surface area contributed by atoms with Crippen LogP contribution in [0.15, 0.2) is 44.0 Å². The molecular formula is C26H26O12. The van der Waals surface area contributed by atoms with Gasteiger partial charge in [0.15, 0.2) is 28.4 Å². The highest BCUT2D eigenvalue weighted by Gasteiger charge is 2.45. The molecule has 2 aromatic heterocycles. The fraction of sp³-hybridized carbons (Fsp3) is 0.346. The zero-order valence-electron chi connectivity index (χ0n) is 20.6. The lowest BCUT2D eigenvalue weighted by atomic mass is 9.99. The van der Waals surface area contributed by atoms with Crippen LogP contribution in [0.1, 0.15) is 5.76 Å². The van der Waals surface area contributed by atoms with E-state index in [9.17, 15) is 30.3 Å². The molecule has 4 aromatic rings. The van der Waals surface area contributed by atoms with Crippen LogP contribution in [0.4, 0.5) is 0 Å². The standard InChI is InChI=1S/C26H26O12/c1-10-4-13-19-14(35-10)7-12(28)8-15(19)36-24(11-5-16(33-2)20(29)17(6-11)34-3)25(13)38-26-23(32)22(31)21(30)18(9-27)37-26/h4-8,18,21-23,26-27,29-32H,9H2,1-3H3/t18-,21-,22+,23-,26+/m1/s1. The van der Waals surface area contributed by atoms with Gasteiger partial charge in [-0.1, -0.05) is 0 Å². The Balaban J connectivity index is 1.80.